The summed E-state index contributed by atoms with van der Waals surface area (Å²) in [4.78, 5) is 25.5. The number of methoxy groups -OCH3 is 1. The molecule has 3 rings (SSSR count). The lowest BCUT2D eigenvalue weighted by molar-refractivity contribution is 0.0600. The molecule has 0 amide bonds. The fourth-order valence-electron chi connectivity index (χ4n) is 3.20. The highest BCUT2D eigenvalue weighted by Gasteiger charge is 2.41. The molecule has 0 saturated carbocycles. The monoisotopic (exact) mass is 341 g/mol. The third kappa shape index (κ3) is 2.66. The fraction of sp³-hybridized carbons (Fsp3) is 0.316. The normalized spacial score (nSPS) is 15.1. The van der Waals surface area contributed by atoms with Crippen LogP contribution in [-0.2, 0) is 21.4 Å². The van der Waals surface area contributed by atoms with E-state index in [1.165, 1.54) is 12.7 Å². The Labute approximate surface area is 145 Å². The topological polar surface area (TPSA) is 46.6 Å². The van der Waals surface area contributed by atoms with Crippen LogP contribution in [0.3, 0.4) is 0 Å². The Hall–Kier alpha value is -2.36. The minimum absolute atomic E-state index is 0.378. The van der Waals surface area contributed by atoms with E-state index in [1.54, 1.807) is 23.5 Å². The second kappa shape index (κ2) is 6.27. The van der Waals surface area contributed by atoms with Crippen molar-refractivity contribution < 1.29 is 14.3 Å². The van der Waals surface area contributed by atoms with Gasteiger partial charge >= 0.3 is 5.97 Å². The van der Waals surface area contributed by atoms with Crippen molar-refractivity contribution in [2.75, 3.05) is 18.6 Å². The number of hydrogen-bond acceptors (Lipinski definition) is 5. The standard InChI is InChI=1S/C19H19NO3S/c1-19(2)15-5-4-14(18(22)23-3)10-16(15)20(17(19)11-21)8-6-13-7-9-24-12-13/h4-5,7,9-10,12H,6,8H2,1-3H3. The van der Waals surface area contributed by atoms with Crippen LogP contribution >= 0.6 is 11.3 Å². The first-order valence-corrected chi connectivity index (χ1v) is 8.70. The number of anilines is 1. The Kier molecular flexibility index (Phi) is 4.31. The molecule has 1 aliphatic rings. The highest BCUT2D eigenvalue weighted by molar-refractivity contribution is 7.07. The summed E-state index contributed by atoms with van der Waals surface area (Å²) in [6.45, 7) is 4.69. The van der Waals surface area contributed by atoms with E-state index in [9.17, 15) is 9.59 Å². The molecule has 24 heavy (non-hydrogen) atoms. The molecule has 0 aliphatic carbocycles. The van der Waals surface area contributed by atoms with Gasteiger partial charge < -0.3 is 9.64 Å². The van der Waals surface area contributed by atoms with Crippen LogP contribution in [0, 0.1) is 0 Å². The number of allylic oxidation sites excluding steroid dienone is 1. The molecular formula is C19H19NO3S. The molecule has 0 saturated heterocycles. The second-order valence-electron chi connectivity index (χ2n) is 6.33. The number of benzene rings is 1. The molecule has 0 unspecified atom stereocenters. The van der Waals surface area contributed by atoms with E-state index in [2.05, 4.69) is 17.4 Å². The van der Waals surface area contributed by atoms with Gasteiger partial charge in [-0.2, -0.15) is 11.3 Å². The molecule has 1 aliphatic heterocycles. The van der Waals surface area contributed by atoms with Gasteiger partial charge in [-0.05, 0) is 60.4 Å². The number of hydrogen-bond donors (Lipinski definition) is 0. The third-order valence-electron chi connectivity index (χ3n) is 4.55. The molecule has 0 bridgehead atoms. The van der Waals surface area contributed by atoms with E-state index < -0.39 is 5.41 Å². The van der Waals surface area contributed by atoms with Crippen LogP contribution in [0.5, 0.6) is 0 Å². The van der Waals surface area contributed by atoms with Gasteiger partial charge in [0.1, 0.15) is 11.6 Å². The van der Waals surface area contributed by atoms with Gasteiger partial charge in [-0.15, -0.1) is 0 Å². The van der Waals surface area contributed by atoms with Crippen LogP contribution in [0.1, 0.15) is 35.3 Å². The van der Waals surface area contributed by atoms with Gasteiger partial charge in [-0.3, -0.25) is 0 Å². The Bertz CT molecular complexity index is 817. The SMILES string of the molecule is COC(=O)c1ccc2c(c1)N(CCc1ccsc1)C(=C=O)C2(C)C. The number of esters is 1. The van der Waals surface area contributed by atoms with E-state index in [0.29, 0.717) is 17.8 Å². The van der Waals surface area contributed by atoms with Gasteiger partial charge in [-0.25, -0.2) is 9.59 Å². The van der Waals surface area contributed by atoms with Gasteiger partial charge in [0.05, 0.1) is 12.7 Å². The van der Waals surface area contributed by atoms with Gasteiger partial charge in [0.25, 0.3) is 0 Å². The maximum absolute atomic E-state index is 11.9. The number of carbonyl (C=O) groups is 1. The van der Waals surface area contributed by atoms with Crippen molar-refractivity contribution in [3.8, 4) is 0 Å². The van der Waals surface area contributed by atoms with Crippen LogP contribution < -0.4 is 4.90 Å². The minimum Gasteiger partial charge on any atom is -0.465 e. The quantitative estimate of drug-likeness (QED) is 0.630. The molecule has 2 heterocycles. The van der Waals surface area contributed by atoms with Crippen molar-refractivity contribution in [3.05, 3.63) is 57.4 Å². The van der Waals surface area contributed by atoms with Crippen LogP contribution in [0.2, 0.25) is 0 Å². The molecule has 2 aromatic rings. The smallest absolute Gasteiger partial charge is 0.337 e. The zero-order valence-electron chi connectivity index (χ0n) is 14.0. The Morgan fingerprint density at radius 1 is 1.33 bits per heavy atom. The summed E-state index contributed by atoms with van der Waals surface area (Å²) in [5.74, 6) is 1.75. The molecule has 0 radical (unpaired) electrons. The molecule has 4 nitrogen and oxygen atoms in total. The van der Waals surface area contributed by atoms with Crippen molar-refractivity contribution in [3.63, 3.8) is 0 Å². The number of thiophene rings is 1. The summed E-state index contributed by atoms with van der Waals surface area (Å²) in [7, 11) is 1.37. The minimum atomic E-state index is -0.430. The van der Waals surface area contributed by atoms with Crippen molar-refractivity contribution >= 4 is 28.9 Å². The van der Waals surface area contributed by atoms with Gasteiger partial charge in [-0.1, -0.05) is 6.07 Å². The van der Waals surface area contributed by atoms with E-state index >= 15 is 0 Å². The van der Waals surface area contributed by atoms with E-state index in [-0.39, 0.29) is 5.97 Å². The summed E-state index contributed by atoms with van der Waals surface area (Å²) in [5.41, 5.74) is 3.81. The average molecular weight is 341 g/mol. The lowest BCUT2D eigenvalue weighted by Gasteiger charge is -2.23. The molecule has 124 valence electrons. The van der Waals surface area contributed by atoms with Gasteiger partial charge in [0.2, 0.25) is 0 Å². The first-order valence-electron chi connectivity index (χ1n) is 7.76. The molecule has 1 aromatic heterocycles. The van der Waals surface area contributed by atoms with Gasteiger partial charge in [0, 0.05) is 17.6 Å². The average Bonchev–Trinajstić information content (AvgIpc) is 3.16. The van der Waals surface area contributed by atoms with Gasteiger partial charge in [0.15, 0.2) is 0 Å². The molecule has 1 aromatic carbocycles. The molecular weight excluding hydrogens is 322 g/mol. The molecule has 5 heteroatoms. The number of carbonyl (C=O) groups excluding carboxylic acids is 2. The van der Waals surface area contributed by atoms with Crippen molar-refractivity contribution in [1.29, 1.82) is 0 Å². The molecule has 0 N–H and O–H groups in total. The molecule has 0 spiro atoms. The maximum Gasteiger partial charge on any atom is 0.337 e. The highest BCUT2D eigenvalue weighted by Crippen LogP contribution is 2.47. The van der Waals surface area contributed by atoms with Crippen molar-refractivity contribution in [1.82, 2.24) is 0 Å². The number of ether oxygens (including phenoxy) is 1. The molecule has 0 fully saturated rings. The third-order valence-corrected chi connectivity index (χ3v) is 5.28. The maximum atomic E-state index is 11.9. The summed E-state index contributed by atoms with van der Waals surface area (Å²) in [6.07, 6.45) is 0.826. The molecule has 0 atom stereocenters. The zero-order valence-corrected chi connectivity index (χ0v) is 14.8. The van der Waals surface area contributed by atoms with E-state index in [1.807, 2.05) is 30.2 Å². The van der Waals surface area contributed by atoms with Crippen LogP contribution in [0.4, 0.5) is 5.69 Å². The summed E-state index contributed by atoms with van der Waals surface area (Å²) in [5, 5.41) is 4.15. The summed E-state index contributed by atoms with van der Waals surface area (Å²) >= 11 is 1.66. The lowest BCUT2D eigenvalue weighted by Crippen LogP contribution is -2.28. The van der Waals surface area contributed by atoms with Crippen LogP contribution in [0.25, 0.3) is 0 Å². The summed E-state index contributed by atoms with van der Waals surface area (Å²) < 4.78 is 4.82. The Morgan fingerprint density at radius 2 is 2.12 bits per heavy atom. The first kappa shape index (κ1) is 16.5. The van der Waals surface area contributed by atoms with Crippen LogP contribution in [-0.4, -0.2) is 25.6 Å². The first-order chi connectivity index (χ1) is 11.5. The number of rotatable bonds is 4. The lowest BCUT2D eigenvalue weighted by atomic mass is 9.84. The largest absolute Gasteiger partial charge is 0.465 e. The predicted octanol–water partition coefficient (Wildman–Crippen LogP) is 3.59. The predicted molar refractivity (Wildman–Crippen MR) is 95.4 cm³/mol. The van der Waals surface area contributed by atoms with E-state index in [4.69, 9.17) is 4.74 Å². The highest BCUT2D eigenvalue weighted by atomic mass is 32.1. The van der Waals surface area contributed by atoms with Crippen molar-refractivity contribution in [2.45, 2.75) is 25.7 Å². The zero-order chi connectivity index (χ0) is 17.3. The fourth-order valence-corrected chi connectivity index (χ4v) is 3.91. The number of fused-ring (bicyclic) bond motifs is 1. The van der Waals surface area contributed by atoms with Crippen molar-refractivity contribution in [2.24, 2.45) is 0 Å². The number of nitrogens with zero attached hydrogens (tertiary/aromatic N) is 1. The second-order valence-corrected chi connectivity index (χ2v) is 7.11. The Morgan fingerprint density at radius 3 is 2.75 bits per heavy atom. The van der Waals surface area contributed by atoms with E-state index in [0.717, 1.165) is 17.7 Å². The Balaban J connectivity index is 2.01. The van der Waals surface area contributed by atoms with Crippen LogP contribution in [0.15, 0.2) is 40.7 Å². The summed E-state index contributed by atoms with van der Waals surface area (Å²) in [6, 6.07) is 7.55.